The summed E-state index contributed by atoms with van der Waals surface area (Å²) in [6.07, 6.45) is 1.29. The molecule has 0 aliphatic carbocycles. The van der Waals surface area contributed by atoms with Crippen LogP contribution < -0.4 is 10.6 Å². The van der Waals surface area contributed by atoms with E-state index in [9.17, 15) is 18.3 Å². The second-order valence-electron chi connectivity index (χ2n) is 6.68. The molecule has 156 valence electrons. The van der Waals surface area contributed by atoms with Gasteiger partial charge in [-0.25, -0.2) is 13.2 Å². The minimum absolute atomic E-state index is 0.0244. The number of aromatic nitrogens is 1. The van der Waals surface area contributed by atoms with E-state index in [0.29, 0.717) is 17.4 Å². The quantitative estimate of drug-likeness (QED) is 0.498. The highest BCUT2D eigenvalue weighted by molar-refractivity contribution is 9.10. The molecule has 0 bridgehead atoms. The predicted octanol–water partition coefficient (Wildman–Crippen LogP) is 3.16. The molecule has 1 atom stereocenters. The average molecular weight is 492 g/mol. The van der Waals surface area contributed by atoms with Gasteiger partial charge in [0, 0.05) is 29.1 Å². The highest BCUT2D eigenvalue weighted by atomic mass is 79.9. The minimum Gasteiger partial charge on any atom is -0.478 e. The molecular weight excluding hydrogens is 474 g/mol. The number of ether oxygens (including phenoxy) is 1. The van der Waals surface area contributed by atoms with Crippen molar-refractivity contribution in [2.24, 2.45) is 0 Å². The van der Waals surface area contributed by atoms with E-state index in [4.69, 9.17) is 4.74 Å². The van der Waals surface area contributed by atoms with E-state index in [-0.39, 0.29) is 35.0 Å². The monoisotopic (exact) mass is 491 g/mol. The number of halogens is 1. The number of hydrogen-bond acceptors (Lipinski definition) is 7. The van der Waals surface area contributed by atoms with Gasteiger partial charge >= 0.3 is 5.97 Å². The van der Waals surface area contributed by atoms with Crippen molar-refractivity contribution in [3.05, 3.63) is 58.7 Å². The minimum atomic E-state index is -3.92. The number of carboxylic acid groups (broad SMARTS) is 1. The van der Waals surface area contributed by atoms with Crippen LogP contribution in [0.3, 0.4) is 0 Å². The molecule has 1 saturated heterocycles. The van der Waals surface area contributed by atoms with Crippen LogP contribution in [0.4, 0.5) is 11.4 Å². The number of rotatable bonds is 5. The number of anilines is 2. The van der Waals surface area contributed by atoms with E-state index in [1.54, 1.807) is 36.4 Å². The first-order valence-corrected chi connectivity index (χ1v) is 11.5. The van der Waals surface area contributed by atoms with Crippen molar-refractivity contribution in [1.82, 2.24) is 10.3 Å². The molecule has 0 spiro atoms. The summed E-state index contributed by atoms with van der Waals surface area (Å²) >= 11 is 3.41. The molecule has 10 heteroatoms. The maximum absolute atomic E-state index is 13.4. The predicted molar refractivity (Wildman–Crippen MR) is 116 cm³/mol. The first-order valence-electron chi connectivity index (χ1n) is 9.12. The van der Waals surface area contributed by atoms with Crippen LogP contribution in [-0.4, -0.2) is 49.6 Å². The zero-order chi connectivity index (χ0) is 21.3. The molecule has 4 rings (SSSR count). The molecule has 0 amide bonds. The third-order valence-electron chi connectivity index (χ3n) is 4.76. The van der Waals surface area contributed by atoms with E-state index >= 15 is 0 Å². The number of para-hydroxylation sites is 1. The van der Waals surface area contributed by atoms with Gasteiger partial charge in [0.2, 0.25) is 9.84 Å². The molecule has 0 radical (unpaired) electrons. The molecule has 1 aliphatic heterocycles. The van der Waals surface area contributed by atoms with Crippen LogP contribution in [0, 0.1) is 0 Å². The Bertz CT molecular complexity index is 1230. The summed E-state index contributed by atoms with van der Waals surface area (Å²) in [6.45, 7) is 1.01. The summed E-state index contributed by atoms with van der Waals surface area (Å²) in [6, 6.07) is 11.6. The summed E-state index contributed by atoms with van der Waals surface area (Å²) in [4.78, 5) is 15.9. The standard InChI is InChI=1S/C20H18BrN3O5S/c21-12-5-6-15-14(9-12)19(24-16-4-2-1-3-13(16)20(25)26)17(10-23-15)30(27,28)18-11-22-7-8-29-18/h1-6,9-10,18,22H,7-8,11H2,(H,23,24)(H,25,26). The number of pyridine rings is 1. The highest BCUT2D eigenvalue weighted by Crippen LogP contribution is 2.36. The number of carbonyl (C=O) groups is 1. The molecular formula is C20H18BrN3O5S. The fraction of sp³-hybridized carbons (Fsp3) is 0.200. The summed E-state index contributed by atoms with van der Waals surface area (Å²) in [5.41, 5.74) is 0.0558. The number of hydrogen-bond donors (Lipinski definition) is 3. The van der Waals surface area contributed by atoms with Crippen molar-refractivity contribution in [1.29, 1.82) is 0 Å². The lowest BCUT2D eigenvalue weighted by Crippen LogP contribution is -2.43. The van der Waals surface area contributed by atoms with Crippen molar-refractivity contribution in [2.45, 2.75) is 10.3 Å². The molecule has 1 aliphatic rings. The van der Waals surface area contributed by atoms with E-state index < -0.39 is 21.2 Å². The molecule has 2 heterocycles. The molecule has 8 nitrogen and oxygen atoms in total. The number of benzene rings is 2. The van der Waals surface area contributed by atoms with Gasteiger partial charge in [-0.2, -0.15) is 0 Å². The van der Waals surface area contributed by atoms with Crippen molar-refractivity contribution in [3.8, 4) is 0 Å². The zero-order valence-electron chi connectivity index (χ0n) is 15.6. The van der Waals surface area contributed by atoms with Crippen LogP contribution in [0.15, 0.2) is 58.0 Å². The summed E-state index contributed by atoms with van der Waals surface area (Å²) in [5.74, 6) is -1.12. The Morgan fingerprint density at radius 3 is 2.80 bits per heavy atom. The number of sulfone groups is 1. The molecule has 3 aromatic rings. The van der Waals surface area contributed by atoms with Gasteiger partial charge in [0.05, 0.1) is 29.1 Å². The maximum atomic E-state index is 13.4. The lowest BCUT2D eigenvalue weighted by molar-refractivity contribution is 0.0698. The van der Waals surface area contributed by atoms with Crippen LogP contribution in [0.1, 0.15) is 10.4 Å². The van der Waals surface area contributed by atoms with Gasteiger partial charge in [-0.15, -0.1) is 0 Å². The Balaban J connectivity index is 1.93. The maximum Gasteiger partial charge on any atom is 0.337 e. The SMILES string of the molecule is O=C(O)c1ccccc1Nc1c(S(=O)(=O)C2CNCCO2)cnc2ccc(Br)cc12. The zero-order valence-corrected chi connectivity index (χ0v) is 18.0. The Kier molecular flexibility index (Phi) is 5.74. The Labute approximate surface area is 181 Å². The van der Waals surface area contributed by atoms with Gasteiger partial charge in [-0.05, 0) is 30.3 Å². The molecule has 2 aromatic carbocycles. The van der Waals surface area contributed by atoms with Crippen molar-refractivity contribution >= 4 is 54.0 Å². The van der Waals surface area contributed by atoms with Crippen molar-refractivity contribution in [2.75, 3.05) is 25.0 Å². The lowest BCUT2D eigenvalue weighted by Gasteiger charge is -2.25. The average Bonchev–Trinajstić information content (AvgIpc) is 2.75. The summed E-state index contributed by atoms with van der Waals surface area (Å²) < 4.78 is 33.0. The molecule has 0 saturated carbocycles. The van der Waals surface area contributed by atoms with E-state index in [2.05, 4.69) is 31.5 Å². The van der Waals surface area contributed by atoms with Crippen molar-refractivity contribution in [3.63, 3.8) is 0 Å². The Hall–Kier alpha value is -2.53. The number of carboxylic acids is 1. The first kappa shape index (κ1) is 20.7. The second kappa shape index (κ2) is 8.31. The molecule has 1 aromatic heterocycles. The second-order valence-corrected chi connectivity index (χ2v) is 9.66. The van der Waals surface area contributed by atoms with E-state index in [1.165, 1.54) is 12.3 Å². The normalized spacial score (nSPS) is 17.0. The van der Waals surface area contributed by atoms with Crippen LogP contribution in [0.5, 0.6) is 0 Å². The van der Waals surface area contributed by atoms with Crippen LogP contribution in [-0.2, 0) is 14.6 Å². The van der Waals surface area contributed by atoms with Gasteiger partial charge in [-0.3, -0.25) is 4.98 Å². The number of morpholine rings is 1. The van der Waals surface area contributed by atoms with Gasteiger partial charge in [0.1, 0.15) is 4.90 Å². The third-order valence-corrected chi connectivity index (χ3v) is 7.17. The third kappa shape index (κ3) is 3.91. The Morgan fingerprint density at radius 1 is 1.27 bits per heavy atom. The topological polar surface area (TPSA) is 118 Å². The smallest absolute Gasteiger partial charge is 0.337 e. The molecule has 30 heavy (non-hydrogen) atoms. The first-order chi connectivity index (χ1) is 14.4. The van der Waals surface area contributed by atoms with Crippen LogP contribution in [0.2, 0.25) is 0 Å². The van der Waals surface area contributed by atoms with Crippen molar-refractivity contribution < 1.29 is 23.1 Å². The summed E-state index contributed by atoms with van der Waals surface area (Å²) in [7, 11) is -3.92. The number of nitrogens with one attached hydrogen (secondary N) is 2. The van der Waals surface area contributed by atoms with E-state index in [0.717, 1.165) is 4.47 Å². The molecule has 3 N–H and O–H groups in total. The largest absolute Gasteiger partial charge is 0.478 e. The molecule has 1 unspecified atom stereocenters. The fourth-order valence-corrected chi connectivity index (χ4v) is 5.19. The van der Waals surface area contributed by atoms with Gasteiger partial charge < -0.3 is 20.5 Å². The van der Waals surface area contributed by atoms with Gasteiger partial charge in [0.15, 0.2) is 5.44 Å². The molecule has 1 fully saturated rings. The summed E-state index contributed by atoms with van der Waals surface area (Å²) in [5, 5.41) is 16.1. The number of nitrogens with zero attached hydrogens (tertiary/aromatic N) is 1. The number of aromatic carboxylic acids is 1. The fourth-order valence-electron chi connectivity index (χ4n) is 3.29. The van der Waals surface area contributed by atoms with E-state index in [1.807, 2.05) is 0 Å². The van der Waals surface area contributed by atoms with Crippen LogP contribution in [0.25, 0.3) is 10.9 Å². The highest BCUT2D eigenvalue weighted by Gasteiger charge is 2.33. The van der Waals surface area contributed by atoms with Gasteiger partial charge in [-0.1, -0.05) is 28.1 Å². The lowest BCUT2D eigenvalue weighted by atomic mass is 10.1. The number of fused-ring (bicyclic) bond motifs is 1. The van der Waals surface area contributed by atoms with Crippen LogP contribution >= 0.6 is 15.9 Å². The Morgan fingerprint density at radius 2 is 2.07 bits per heavy atom. The van der Waals surface area contributed by atoms with Gasteiger partial charge in [0.25, 0.3) is 0 Å².